The number of hydrogen-bond donors (Lipinski definition) is 0. The maximum Gasteiger partial charge on any atom is 0.233 e. The fraction of sp³-hybridized carbons (Fsp3) is 0.391. The van der Waals surface area contributed by atoms with Gasteiger partial charge in [0.1, 0.15) is 0 Å². The molecular formula is C23H27Cl2N3O2S. The average molecular weight is 480 g/mol. The van der Waals surface area contributed by atoms with Crippen molar-refractivity contribution in [2.24, 2.45) is 0 Å². The minimum Gasteiger partial charge on any atom is -0.379 e. The highest BCUT2D eigenvalue weighted by atomic mass is 35.5. The second-order valence-electron chi connectivity index (χ2n) is 7.73. The molecule has 5 nitrogen and oxygen atoms in total. The van der Waals surface area contributed by atoms with Gasteiger partial charge >= 0.3 is 0 Å². The standard InChI is InChI=1S/C23H26ClN3O2S.ClH/c1-16-4-3-5-18(12-16)14-21(28)27(7-6-26-8-10-29-11-9-26)23-25-22-17(2)13-19(24)15-20(22)30-23;/h3-5,12-13,15H,6-11,14H2,1-2H3;1H. The number of anilines is 1. The van der Waals surface area contributed by atoms with Crippen LogP contribution in [0.15, 0.2) is 36.4 Å². The van der Waals surface area contributed by atoms with Crippen molar-refractivity contribution >= 4 is 56.6 Å². The number of amides is 1. The number of morpholine rings is 1. The van der Waals surface area contributed by atoms with Gasteiger partial charge in [-0.05, 0) is 37.1 Å². The van der Waals surface area contributed by atoms with Crippen LogP contribution in [-0.4, -0.2) is 55.2 Å². The van der Waals surface area contributed by atoms with E-state index in [9.17, 15) is 4.79 Å². The third-order valence-electron chi connectivity index (χ3n) is 5.35. The van der Waals surface area contributed by atoms with E-state index in [0.717, 1.165) is 64.9 Å². The van der Waals surface area contributed by atoms with Crippen LogP contribution in [0.1, 0.15) is 16.7 Å². The Bertz CT molecular complexity index is 1050. The van der Waals surface area contributed by atoms with E-state index in [0.29, 0.717) is 18.0 Å². The normalized spacial score (nSPS) is 14.4. The van der Waals surface area contributed by atoms with Crippen LogP contribution in [0.5, 0.6) is 0 Å². The van der Waals surface area contributed by atoms with Crippen molar-refractivity contribution < 1.29 is 9.53 Å². The number of benzene rings is 2. The maximum absolute atomic E-state index is 13.3. The van der Waals surface area contributed by atoms with Gasteiger partial charge in [0.05, 0.1) is 29.9 Å². The van der Waals surface area contributed by atoms with Crippen LogP contribution < -0.4 is 4.90 Å². The Labute approximate surface area is 198 Å². The molecule has 0 bridgehead atoms. The molecule has 0 spiro atoms. The van der Waals surface area contributed by atoms with E-state index >= 15 is 0 Å². The largest absolute Gasteiger partial charge is 0.379 e. The number of aromatic nitrogens is 1. The summed E-state index contributed by atoms with van der Waals surface area (Å²) < 4.78 is 6.46. The van der Waals surface area contributed by atoms with Gasteiger partial charge in [0.15, 0.2) is 5.13 Å². The zero-order chi connectivity index (χ0) is 21.1. The first-order chi connectivity index (χ1) is 14.5. The van der Waals surface area contributed by atoms with Crippen LogP contribution in [0.4, 0.5) is 5.13 Å². The van der Waals surface area contributed by atoms with Crippen molar-refractivity contribution in [1.29, 1.82) is 0 Å². The molecule has 3 aromatic rings. The summed E-state index contributed by atoms with van der Waals surface area (Å²) in [6.45, 7) is 8.75. The van der Waals surface area contributed by atoms with Gasteiger partial charge < -0.3 is 4.74 Å². The van der Waals surface area contributed by atoms with E-state index in [1.165, 1.54) is 11.3 Å². The number of ether oxygens (including phenoxy) is 1. The Kier molecular flexibility index (Phi) is 8.30. The molecule has 0 aliphatic carbocycles. The topological polar surface area (TPSA) is 45.7 Å². The van der Waals surface area contributed by atoms with E-state index in [1.54, 1.807) is 0 Å². The van der Waals surface area contributed by atoms with E-state index in [1.807, 2.05) is 49.1 Å². The minimum absolute atomic E-state index is 0. The molecule has 0 radical (unpaired) electrons. The molecule has 0 N–H and O–H groups in total. The zero-order valence-corrected chi connectivity index (χ0v) is 20.2. The minimum atomic E-state index is 0. The lowest BCUT2D eigenvalue weighted by atomic mass is 10.1. The van der Waals surface area contributed by atoms with Crippen molar-refractivity contribution in [3.05, 3.63) is 58.1 Å². The quantitative estimate of drug-likeness (QED) is 0.504. The van der Waals surface area contributed by atoms with E-state index in [-0.39, 0.29) is 18.3 Å². The molecule has 1 amide bonds. The Hall–Kier alpha value is -1.70. The van der Waals surface area contributed by atoms with Crippen molar-refractivity contribution in [3.63, 3.8) is 0 Å². The second kappa shape index (κ2) is 10.7. The van der Waals surface area contributed by atoms with Gasteiger partial charge in [-0.1, -0.05) is 52.8 Å². The number of nitrogens with zero attached hydrogens (tertiary/aromatic N) is 3. The predicted molar refractivity (Wildman–Crippen MR) is 131 cm³/mol. The Morgan fingerprint density at radius 3 is 2.74 bits per heavy atom. The number of carbonyl (C=O) groups excluding carboxylic acids is 1. The molecular weight excluding hydrogens is 453 g/mol. The Morgan fingerprint density at radius 1 is 1.23 bits per heavy atom. The fourth-order valence-electron chi connectivity index (χ4n) is 3.74. The number of hydrogen-bond acceptors (Lipinski definition) is 5. The van der Waals surface area contributed by atoms with Crippen LogP contribution in [0, 0.1) is 13.8 Å². The van der Waals surface area contributed by atoms with Crippen molar-refractivity contribution in [3.8, 4) is 0 Å². The van der Waals surface area contributed by atoms with Gasteiger partial charge in [-0.2, -0.15) is 0 Å². The zero-order valence-electron chi connectivity index (χ0n) is 17.8. The molecule has 0 atom stereocenters. The van der Waals surface area contributed by atoms with Crippen molar-refractivity contribution in [2.45, 2.75) is 20.3 Å². The number of fused-ring (bicyclic) bond motifs is 1. The molecule has 1 aromatic heterocycles. The molecule has 2 aromatic carbocycles. The number of rotatable bonds is 6. The first-order valence-corrected chi connectivity index (χ1v) is 11.4. The summed E-state index contributed by atoms with van der Waals surface area (Å²) in [6, 6.07) is 12.0. The van der Waals surface area contributed by atoms with Gasteiger partial charge in [-0.25, -0.2) is 4.98 Å². The van der Waals surface area contributed by atoms with E-state index in [2.05, 4.69) is 11.0 Å². The number of carbonyl (C=O) groups is 1. The molecule has 1 fully saturated rings. The first-order valence-electron chi connectivity index (χ1n) is 10.2. The Balaban J connectivity index is 0.00000272. The summed E-state index contributed by atoms with van der Waals surface area (Å²) in [7, 11) is 0. The third kappa shape index (κ3) is 5.96. The van der Waals surface area contributed by atoms with E-state index in [4.69, 9.17) is 21.3 Å². The van der Waals surface area contributed by atoms with Crippen molar-refractivity contribution in [1.82, 2.24) is 9.88 Å². The monoisotopic (exact) mass is 479 g/mol. The van der Waals surface area contributed by atoms with Gasteiger partial charge in [0.2, 0.25) is 5.91 Å². The van der Waals surface area contributed by atoms with Crippen LogP contribution in [-0.2, 0) is 16.0 Å². The summed E-state index contributed by atoms with van der Waals surface area (Å²) in [6.07, 6.45) is 0.362. The highest BCUT2D eigenvalue weighted by Gasteiger charge is 2.22. The lowest BCUT2D eigenvalue weighted by Gasteiger charge is -2.29. The summed E-state index contributed by atoms with van der Waals surface area (Å²) in [5, 5.41) is 1.43. The van der Waals surface area contributed by atoms with Crippen LogP contribution in [0.25, 0.3) is 10.2 Å². The molecule has 2 heterocycles. The average Bonchev–Trinajstić information content (AvgIpc) is 3.13. The Morgan fingerprint density at radius 2 is 2.00 bits per heavy atom. The molecule has 31 heavy (non-hydrogen) atoms. The van der Waals surface area contributed by atoms with Gasteiger partial charge in [0, 0.05) is 31.2 Å². The molecule has 4 rings (SSSR count). The molecule has 0 unspecified atom stereocenters. The maximum atomic E-state index is 13.3. The second-order valence-corrected chi connectivity index (χ2v) is 9.18. The van der Waals surface area contributed by atoms with Crippen LogP contribution in [0.3, 0.4) is 0 Å². The third-order valence-corrected chi connectivity index (χ3v) is 6.60. The summed E-state index contributed by atoms with van der Waals surface area (Å²) in [4.78, 5) is 22.4. The smallest absolute Gasteiger partial charge is 0.233 e. The highest BCUT2D eigenvalue weighted by Crippen LogP contribution is 2.33. The SMILES string of the molecule is Cc1cccc(CC(=O)N(CCN2CCOCC2)c2nc3c(C)cc(Cl)cc3s2)c1.Cl. The number of aryl methyl sites for hydroxylation is 2. The lowest BCUT2D eigenvalue weighted by Crippen LogP contribution is -2.43. The van der Waals surface area contributed by atoms with Crippen molar-refractivity contribution in [2.75, 3.05) is 44.3 Å². The lowest BCUT2D eigenvalue weighted by molar-refractivity contribution is -0.118. The highest BCUT2D eigenvalue weighted by molar-refractivity contribution is 7.22. The number of thiazole rings is 1. The van der Waals surface area contributed by atoms with Crippen LogP contribution >= 0.6 is 35.3 Å². The predicted octanol–water partition coefficient (Wildman–Crippen LogP) is 4.90. The summed E-state index contributed by atoms with van der Waals surface area (Å²) in [5.41, 5.74) is 4.13. The number of halogens is 2. The molecule has 1 aliphatic heterocycles. The van der Waals surface area contributed by atoms with E-state index < -0.39 is 0 Å². The molecule has 1 aliphatic rings. The van der Waals surface area contributed by atoms with Gasteiger partial charge in [-0.15, -0.1) is 12.4 Å². The summed E-state index contributed by atoms with van der Waals surface area (Å²) >= 11 is 7.77. The molecule has 8 heteroatoms. The fourth-order valence-corrected chi connectivity index (χ4v) is 5.21. The van der Waals surface area contributed by atoms with Gasteiger partial charge in [0.25, 0.3) is 0 Å². The summed E-state index contributed by atoms with van der Waals surface area (Å²) in [5.74, 6) is 0.0664. The first kappa shape index (κ1) is 24.0. The van der Waals surface area contributed by atoms with Gasteiger partial charge in [-0.3, -0.25) is 14.6 Å². The van der Waals surface area contributed by atoms with Crippen LogP contribution in [0.2, 0.25) is 5.02 Å². The molecule has 0 saturated carbocycles. The molecule has 166 valence electrons. The molecule has 1 saturated heterocycles.